The second-order valence-electron chi connectivity index (χ2n) is 4.42. The van der Waals surface area contributed by atoms with E-state index >= 15 is 0 Å². The summed E-state index contributed by atoms with van der Waals surface area (Å²) < 4.78 is 0. The molecule has 1 aliphatic rings. The standard InChI is InChI=1S/C13H17/c1-3-8-13(2)9-11-6-4-5-7-12(11)10-13/h4-7,9H,3,8,10H2,1-2H3. The van der Waals surface area contributed by atoms with Crippen LogP contribution in [0, 0.1) is 11.8 Å². The number of hydrogen-bond donors (Lipinski definition) is 0. The molecule has 0 aliphatic heterocycles. The Bertz CT molecular complexity index is 274. The predicted molar refractivity (Wildman–Crippen MR) is 56.6 cm³/mol. The van der Waals surface area contributed by atoms with Gasteiger partial charge in [0.05, 0.1) is 0 Å². The summed E-state index contributed by atoms with van der Waals surface area (Å²) in [5.74, 6) is 0. The Kier molecular flexibility index (Phi) is 2.15. The minimum Gasteiger partial charge on any atom is -0.0654 e. The normalized spacial score (nSPS) is 18.6. The first-order valence-corrected chi connectivity index (χ1v) is 5.17. The van der Waals surface area contributed by atoms with Gasteiger partial charge in [-0.05, 0) is 35.8 Å². The molecule has 0 saturated heterocycles. The molecule has 1 aromatic carbocycles. The molecule has 0 bridgehead atoms. The van der Waals surface area contributed by atoms with Crippen molar-refractivity contribution >= 4 is 0 Å². The molecule has 1 atom stereocenters. The van der Waals surface area contributed by atoms with Gasteiger partial charge in [-0.3, -0.25) is 0 Å². The lowest BCUT2D eigenvalue weighted by Crippen LogP contribution is -2.13. The molecule has 1 aliphatic carbocycles. The van der Waals surface area contributed by atoms with Gasteiger partial charge in [-0.1, -0.05) is 44.5 Å². The van der Waals surface area contributed by atoms with Crippen molar-refractivity contribution in [1.82, 2.24) is 0 Å². The van der Waals surface area contributed by atoms with E-state index in [1.54, 1.807) is 0 Å². The number of rotatable bonds is 2. The summed E-state index contributed by atoms with van der Waals surface area (Å²) in [4.78, 5) is 0. The van der Waals surface area contributed by atoms with Crippen molar-refractivity contribution in [3.05, 3.63) is 41.8 Å². The van der Waals surface area contributed by atoms with Crippen molar-refractivity contribution in [3.63, 3.8) is 0 Å². The van der Waals surface area contributed by atoms with Crippen LogP contribution in [0.3, 0.4) is 0 Å². The molecule has 0 aromatic heterocycles. The van der Waals surface area contributed by atoms with Crippen LogP contribution in [-0.2, 0) is 6.42 Å². The Morgan fingerprint density at radius 3 is 2.77 bits per heavy atom. The zero-order chi connectivity index (χ0) is 9.31. The second kappa shape index (κ2) is 3.17. The van der Waals surface area contributed by atoms with E-state index in [1.165, 1.54) is 30.4 Å². The fourth-order valence-corrected chi connectivity index (χ4v) is 2.43. The van der Waals surface area contributed by atoms with E-state index in [0.717, 1.165) is 0 Å². The van der Waals surface area contributed by atoms with Crippen LogP contribution >= 0.6 is 0 Å². The van der Waals surface area contributed by atoms with Crippen LogP contribution in [0.2, 0.25) is 0 Å². The van der Waals surface area contributed by atoms with Crippen LogP contribution in [0.5, 0.6) is 0 Å². The van der Waals surface area contributed by atoms with Crippen molar-refractivity contribution in [2.24, 2.45) is 5.41 Å². The van der Waals surface area contributed by atoms with Crippen LogP contribution in [-0.4, -0.2) is 0 Å². The third kappa shape index (κ3) is 1.63. The zero-order valence-corrected chi connectivity index (χ0v) is 8.51. The van der Waals surface area contributed by atoms with E-state index in [1.807, 2.05) is 0 Å². The maximum Gasteiger partial charge on any atom is -0.00278 e. The first-order valence-electron chi connectivity index (χ1n) is 5.17. The van der Waals surface area contributed by atoms with Crippen molar-refractivity contribution in [1.29, 1.82) is 0 Å². The maximum atomic E-state index is 2.45. The average Bonchev–Trinajstić information content (AvgIpc) is 2.40. The molecule has 69 valence electrons. The first-order chi connectivity index (χ1) is 6.23. The fraction of sp³-hybridized carbons (Fsp3) is 0.462. The Morgan fingerprint density at radius 2 is 2.08 bits per heavy atom. The lowest BCUT2D eigenvalue weighted by molar-refractivity contribution is 0.377. The van der Waals surface area contributed by atoms with Gasteiger partial charge in [-0.2, -0.15) is 0 Å². The monoisotopic (exact) mass is 173 g/mol. The molecule has 13 heavy (non-hydrogen) atoms. The van der Waals surface area contributed by atoms with Gasteiger partial charge in [0.25, 0.3) is 0 Å². The van der Waals surface area contributed by atoms with Crippen LogP contribution in [0.15, 0.2) is 24.3 Å². The van der Waals surface area contributed by atoms with Crippen LogP contribution in [0.25, 0.3) is 0 Å². The summed E-state index contributed by atoms with van der Waals surface area (Å²) in [6.07, 6.45) is 6.27. The smallest absolute Gasteiger partial charge is 0.00278 e. The Balaban J connectivity index is 2.21. The highest BCUT2D eigenvalue weighted by molar-refractivity contribution is 5.41. The van der Waals surface area contributed by atoms with Crippen LogP contribution in [0.1, 0.15) is 37.8 Å². The van der Waals surface area contributed by atoms with Gasteiger partial charge in [-0.15, -0.1) is 0 Å². The lowest BCUT2D eigenvalue weighted by Gasteiger charge is -2.21. The van der Waals surface area contributed by atoms with Crippen molar-refractivity contribution in [3.8, 4) is 0 Å². The average molecular weight is 173 g/mol. The lowest BCUT2D eigenvalue weighted by atomic mass is 9.83. The molecule has 0 fully saturated rings. The van der Waals surface area contributed by atoms with Gasteiger partial charge in [0.15, 0.2) is 0 Å². The van der Waals surface area contributed by atoms with Crippen molar-refractivity contribution in [2.45, 2.75) is 33.1 Å². The van der Waals surface area contributed by atoms with Gasteiger partial charge in [0, 0.05) is 0 Å². The third-order valence-corrected chi connectivity index (χ3v) is 2.97. The third-order valence-electron chi connectivity index (χ3n) is 2.97. The summed E-state index contributed by atoms with van der Waals surface area (Å²) >= 11 is 0. The fourth-order valence-electron chi connectivity index (χ4n) is 2.43. The molecule has 0 spiro atoms. The molecule has 0 amide bonds. The van der Waals surface area contributed by atoms with Gasteiger partial charge in [0.1, 0.15) is 0 Å². The number of benzene rings is 1. The Morgan fingerprint density at radius 1 is 1.31 bits per heavy atom. The van der Waals surface area contributed by atoms with E-state index < -0.39 is 0 Å². The molecule has 2 rings (SSSR count). The predicted octanol–water partition coefficient (Wildman–Crippen LogP) is 3.60. The molecular weight excluding hydrogens is 156 g/mol. The summed E-state index contributed by atoms with van der Waals surface area (Å²) in [6.45, 7) is 4.64. The zero-order valence-electron chi connectivity index (χ0n) is 8.51. The molecule has 0 N–H and O–H groups in total. The summed E-state index contributed by atoms with van der Waals surface area (Å²) in [7, 11) is 0. The van der Waals surface area contributed by atoms with Crippen LogP contribution < -0.4 is 0 Å². The second-order valence-corrected chi connectivity index (χ2v) is 4.42. The van der Waals surface area contributed by atoms with Crippen molar-refractivity contribution in [2.75, 3.05) is 0 Å². The molecule has 0 nitrogen and oxygen atoms in total. The molecule has 0 heteroatoms. The van der Waals surface area contributed by atoms with Gasteiger partial charge in [-0.25, -0.2) is 0 Å². The number of hydrogen-bond acceptors (Lipinski definition) is 0. The SMILES string of the molecule is CCCC1(C)[CH]c2ccccc2C1. The molecule has 1 radical (unpaired) electrons. The quantitative estimate of drug-likeness (QED) is 0.641. The van der Waals surface area contributed by atoms with Crippen LogP contribution in [0.4, 0.5) is 0 Å². The highest BCUT2D eigenvalue weighted by Gasteiger charge is 2.31. The van der Waals surface area contributed by atoms with E-state index in [-0.39, 0.29) is 0 Å². The van der Waals surface area contributed by atoms with Gasteiger partial charge >= 0.3 is 0 Å². The van der Waals surface area contributed by atoms with E-state index in [4.69, 9.17) is 0 Å². The summed E-state index contributed by atoms with van der Waals surface area (Å²) in [5.41, 5.74) is 3.41. The minimum absolute atomic E-state index is 0.429. The largest absolute Gasteiger partial charge is 0.0654 e. The van der Waals surface area contributed by atoms with E-state index in [9.17, 15) is 0 Å². The minimum atomic E-state index is 0.429. The molecule has 0 saturated carbocycles. The highest BCUT2D eigenvalue weighted by Crippen LogP contribution is 2.41. The molecular formula is C13H17. The Hall–Kier alpha value is -0.780. The first kappa shape index (κ1) is 8.80. The van der Waals surface area contributed by atoms with Gasteiger partial charge in [0.2, 0.25) is 0 Å². The van der Waals surface area contributed by atoms with Gasteiger partial charge < -0.3 is 0 Å². The van der Waals surface area contributed by atoms with E-state index in [2.05, 4.69) is 44.5 Å². The molecule has 1 unspecified atom stereocenters. The summed E-state index contributed by atoms with van der Waals surface area (Å²) in [5, 5.41) is 0. The highest BCUT2D eigenvalue weighted by atomic mass is 14.4. The van der Waals surface area contributed by atoms with E-state index in [0.29, 0.717) is 5.41 Å². The molecule has 1 aromatic rings. The summed E-state index contributed by atoms with van der Waals surface area (Å²) in [6, 6.07) is 8.76. The number of fused-ring (bicyclic) bond motifs is 1. The van der Waals surface area contributed by atoms with Crippen molar-refractivity contribution < 1.29 is 0 Å². The topological polar surface area (TPSA) is 0 Å². The maximum absolute atomic E-state index is 2.45. The Labute approximate surface area is 81.0 Å². The molecule has 0 heterocycles.